The summed E-state index contributed by atoms with van der Waals surface area (Å²) in [5, 5.41) is 3.45. The highest BCUT2D eigenvalue weighted by molar-refractivity contribution is 5.16. The van der Waals surface area contributed by atoms with Gasteiger partial charge in [-0.2, -0.15) is 0 Å². The Kier molecular flexibility index (Phi) is 3.59. The Labute approximate surface area is 115 Å². The molecule has 1 saturated heterocycles. The van der Waals surface area contributed by atoms with Crippen LogP contribution in [0.15, 0.2) is 24.3 Å². The van der Waals surface area contributed by atoms with Gasteiger partial charge in [0, 0.05) is 13.1 Å². The second-order valence-corrected chi connectivity index (χ2v) is 6.34. The van der Waals surface area contributed by atoms with E-state index in [2.05, 4.69) is 17.3 Å². The minimum atomic E-state index is -0.132. The average Bonchev–Trinajstić information content (AvgIpc) is 3.01. The van der Waals surface area contributed by atoms with Crippen molar-refractivity contribution in [3.63, 3.8) is 0 Å². The highest BCUT2D eigenvalue weighted by Crippen LogP contribution is 2.58. The lowest BCUT2D eigenvalue weighted by molar-refractivity contribution is 0.257. The molecule has 1 spiro atoms. The minimum Gasteiger partial charge on any atom is -0.317 e. The molecule has 1 atom stereocenters. The molecule has 2 nitrogen and oxygen atoms in total. The number of hydrogen-bond donors (Lipinski definition) is 1. The number of nitrogens with zero attached hydrogens (tertiary/aromatic N) is 1. The Bertz CT molecular complexity index is 440. The van der Waals surface area contributed by atoms with Crippen molar-refractivity contribution in [1.29, 1.82) is 0 Å². The predicted octanol–water partition coefficient (Wildman–Crippen LogP) is 2.65. The number of hydrogen-bond acceptors (Lipinski definition) is 2. The maximum Gasteiger partial charge on any atom is 0.123 e. The van der Waals surface area contributed by atoms with Gasteiger partial charge < -0.3 is 10.2 Å². The van der Waals surface area contributed by atoms with Gasteiger partial charge in [0.05, 0.1) is 0 Å². The number of rotatable bonds is 4. The van der Waals surface area contributed by atoms with Crippen LogP contribution in [0.4, 0.5) is 4.39 Å². The van der Waals surface area contributed by atoms with E-state index in [0.29, 0.717) is 5.41 Å². The summed E-state index contributed by atoms with van der Waals surface area (Å²) in [5.74, 6) is 0.723. The summed E-state index contributed by atoms with van der Waals surface area (Å²) in [6, 6.07) is 6.95. The normalized spacial score (nSPS) is 24.9. The first-order valence-corrected chi connectivity index (χ1v) is 7.32. The Balaban J connectivity index is 1.51. The Hall–Kier alpha value is -0.930. The van der Waals surface area contributed by atoms with Crippen molar-refractivity contribution in [3.05, 3.63) is 35.6 Å². The lowest BCUT2D eigenvalue weighted by atomic mass is 9.92. The largest absolute Gasteiger partial charge is 0.317 e. The molecule has 0 bridgehead atoms. The van der Waals surface area contributed by atoms with Gasteiger partial charge in [0.15, 0.2) is 0 Å². The van der Waals surface area contributed by atoms with Crippen LogP contribution in [0, 0.1) is 17.2 Å². The number of halogens is 1. The van der Waals surface area contributed by atoms with Crippen LogP contribution < -0.4 is 5.32 Å². The van der Waals surface area contributed by atoms with E-state index in [0.717, 1.165) is 24.6 Å². The first-order chi connectivity index (χ1) is 9.18. The Morgan fingerprint density at radius 1 is 1.37 bits per heavy atom. The van der Waals surface area contributed by atoms with Gasteiger partial charge >= 0.3 is 0 Å². The molecule has 0 radical (unpaired) electrons. The van der Waals surface area contributed by atoms with Crippen LogP contribution in [-0.2, 0) is 6.54 Å². The van der Waals surface area contributed by atoms with Gasteiger partial charge in [0.1, 0.15) is 5.82 Å². The van der Waals surface area contributed by atoms with E-state index in [1.807, 2.05) is 6.07 Å². The first-order valence-electron chi connectivity index (χ1n) is 7.32. The van der Waals surface area contributed by atoms with E-state index in [4.69, 9.17) is 0 Å². The summed E-state index contributed by atoms with van der Waals surface area (Å²) in [6.07, 6.45) is 4.07. The van der Waals surface area contributed by atoms with E-state index in [1.54, 1.807) is 12.1 Å². The molecule has 3 rings (SSSR count). The van der Waals surface area contributed by atoms with Crippen LogP contribution in [0.3, 0.4) is 0 Å². The van der Waals surface area contributed by atoms with Gasteiger partial charge in [-0.3, -0.25) is 0 Å². The predicted molar refractivity (Wildman–Crippen MR) is 75.4 cm³/mol. The third-order valence-electron chi connectivity index (χ3n) is 4.83. The molecule has 2 aliphatic rings. The quantitative estimate of drug-likeness (QED) is 0.897. The summed E-state index contributed by atoms with van der Waals surface area (Å²) < 4.78 is 13.2. The van der Waals surface area contributed by atoms with Crippen LogP contribution in [0.2, 0.25) is 0 Å². The Morgan fingerprint density at radius 2 is 2.16 bits per heavy atom. The van der Waals surface area contributed by atoms with E-state index < -0.39 is 0 Å². The summed E-state index contributed by atoms with van der Waals surface area (Å²) in [5.41, 5.74) is 1.71. The van der Waals surface area contributed by atoms with Crippen LogP contribution >= 0.6 is 0 Å². The fourth-order valence-electron chi connectivity index (χ4n) is 3.61. The lowest BCUT2D eigenvalue weighted by Gasteiger charge is -2.25. The molecule has 1 aromatic carbocycles. The lowest BCUT2D eigenvalue weighted by Crippen LogP contribution is -2.31. The average molecular weight is 262 g/mol. The van der Waals surface area contributed by atoms with Gasteiger partial charge in [-0.25, -0.2) is 4.39 Å². The molecular weight excluding hydrogens is 239 g/mol. The number of nitrogens with one attached hydrogen (secondary N) is 1. The molecular formula is C16H23FN2. The van der Waals surface area contributed by atoms with Gasteiger partial charge in [-0.05, 0) is 68.4 Å². The van der Waals surface area contributed by atoms with Crippen LogP contribution in [-0.4, -0.2) is 31.6 Å². The summed E-state index contributed by atoms with van der Waals surface area (Å²) >= 11 is 0. The molecule has 1 aromatic rings. The fourth-order valence-corrected chi connectivity index (χ4v) is 3.61. The zero-order valence-electron chi connectivity index (χ0n) is 11.7. The molecule has 1 heterocycles. The van der Waals surface area contributed by atoms with Crippen molar-refractivity contribution in [3.8, 4) is 0 Å². The molecule has 19 heavy (non-hydrogen) atoms. The standard InChI is InChI=1S/C16H23FN2/c1-19(11-13-3-2-4-15(17)9-13)12-14-10-16(14)5-7-18-8-6-16/h2-4,9,14,18H,5-8,10-12H2,1H3. The molecule has 1 N–H and O–H groups in total. The van der Waals surface area contributed by atoms with E-state index in [9.17, 15) is 4.39 Å². The second-order valence-electron chi connectivity index (χ2n) is 6.34. The maximum atomic E-state index is 13.2. The summed E-state index contributed by atoms with van der Waals surface area (Å²) in [6.45, 7) is 4.37. The van der Waals surface area contributed by atoms with Crippen molar-refractivity contribution in [2.45, 2.75) is 25.8 Å². The van der Waals surface area contributed by atoms with E-state index >= 15 is 0 Å². The van der Waals surface area contributed by atoms with Crippen molar-refractivity contribution >= 4 is 0 Å². The number of piperidine rings is 1. The highest BCUT2D eigenvalue weighted by atomic mass is 19.1. The van der Waals surface area contributed by atoms with Gasteiger partial charge in [0.25, 0.3) is 0 Å². The maximum absolute atomic E-state index is 13.2. The van der Waals surface area contributed by atoms with Crippen molar-refractivity contribution in [1.82, 2.24) is 10.2 Å². The van der Waals surface area contributed by atoms with Crippen LogP contribution in [0.25, 0.3) is 0 Å². The second kappa shape index (κ2) is 5.22. The topological polar surface area (TPSA) is 15.3 Å². The van der Waals surface area contributed by atoms with Crippen molar-refractivity contribution in [2.24, 2.45) is 11.3 Å². The summed E-state index contributed by atoms with van der Waals surface area (Å²) in [7, 11) is 2.15. The van der Waals surface area contributed by atoms with Gasteiger partial charge in [-0.1, -0.05) is 12.1 Å². The molecule has 1 aliphatic heterocycles. The minimum absolute atomic E-state index is 0.132. The van der Waals surface area contributed by atoms with Crippen molar-refractivity contribution in [2.75, 3.05) is 26.7 Å². The zero-order chi connectivity index (χ0) is 13.3. The van der Waals surface area contributed by atoms with Gasteiger partial charge in [0.2, 0.25) is 0 Å². The van der Waals surface area contributed by atoms with E-state index in [1.165, 1.54) is 38.4 Å². The molecule has 1 saturated carbocycles. The number of benzene rings is 1. The van der Waals surface area contributed by atoms with Gasteiger partial charge in [-0.15, -0.1) is 0 Å². The zero-order valence-corrected chi connectivity index (χ0v) is 11.7. The molecule has 0 amide bonds. The van der Waals surface area contributed by atoms with E-state index in [-0.39, 0.29) is 5.82 Å². The fraction of sp³-hybridized carbons (Fsp3) is 0.625. The molecule has 1 aliphatic carbocycles. The summed E-state index contributed by atoms with van der Waals surface area (Å²) in [4.78, 5) is 2.34. The SMILES string of the molecule is CN(Cc1cccc(F)c1)CC1CC12CCNCC2. The first kappa shape index (κ1) is 13.1. The molecule has 1 unspecified atom stereocenters. The van der Waals surface area contributed by atoms with Crippen LogP contribution in [0.5, 0.6) is 0 Å². The molecule has 3 heteroatoms. The molecule has 104 valence electrons. The Morgan fingerprint density at radius 3 is 2.89 bits per heavy atom. The molecule has 0 aromatic heterocycles. The smallest absolute Gasteiger partial charge is 0.123 e. The monoisotopic (exact) mass is 262 g/mol. The highest BCUT2D eigenvalue weighted by Gasteiger charge is 2.53. The third-order valence-corrected chi connectivity index (χ3v) is 4.83. The molecule has 2 fully saturated rings. The van der Waals surface area contributed by atoms with Crippen molar-refractivity contribution < 1.29 is 4.39 Å². The van der Waals surface area contributed by atoms with Crippen LogP contribution in [0.1, 0.15) is 24.8 Å². The third kappa shape index (κ3) is 2.98.